The molecule has 2 saturated heterocycles. The van der Waals surface area contributed by atoms with Crippen molar-refractivity contribution in [3.63, 3.8) is 0 Å². The third-order valence-electron chi connectivity index (χ3n) is 6.40. The van der Waals surface area contributed by atoms with Crippen LogP contribution in [0.25, 0.3) is 0 Å². The minimum absolute atomic E-state index is 0. The van der Waals surface area contributed by atoms with Crippen molar-refractivity contribution in [2.75, 3.05) is 19.6 Å². The van der Waals surface area contributed by atoms with Gasteiger partial charge in [-0.3, -0.25) is 4.79 Å². The van der Waals surface area contributed by atoms with Crippen LogP contribution in [0.5, 0.6) is 5.75 Å². The Bertz CT molecular complexity index is 1200. The van der Waals surface area contributed by atoms with E-state index in [4.69, 9.17) is 4.74 Å². The van der Waals surface area contributed by atoms with E-state index in [0.717, 1.165) is 17.1 Å². The summed E-state index contributed by atoms with van der Waals surface area (Å²) in [5, 5.41) is 12.2. The SMILES string of the molecule is O=C(O)[C@H](Cc1ccc(OC(=O)N2CCCC2)cc1)NC(=O)[C@@H]1CCCN1S(=O)(=O)c1ccccc1.[NaH]. The Hall–Kier alpha value is -2.44. The molecule has 2 amide bonds. The fourth-order valence-electron chi connectivity index (χ4n) is 4.48. The van der Waals surface area contributed by atoms with E-state index in [9.17, 15) is 27.9 Å². The number of nitrogens with one attached hydrogen (secondary N) is 1. The number of amides is 2. The van der Waals surface area contributed by atoms with E-state index in [2.05, 4.69) is 5.32 Å². The molecule has 4 rings (SSSR count). The van der Waals surface area contributed by atoms with Gasteiger partial charge in [-0.25, -0.2) is 18.0 Å². The van der Waals surface area contributed by atoms with Crippen molar-refractivity contribution in [1.82, 2.24) is 14.5 Å². The predicted molar refractivity (Wildman–Crippen MR) is 137 cm³/mol. The van der Waals surface area contributed by atoms with Crippen LogP contribution in [0.2, 0.25) is 0 Å². The van der Waals surface area contributed by atoms with Crippen LogP contribution >= 0.6 is 0 Å². The number of carbonyl (C=O) groups is 3. The average molecular weight is 540 g/mol. The molecule has 0 saturated carbocycles. The summed E-state index contributed by atoms with van der Waals surface area (Å²) >= 11 is 0. The normalized spacial score (nSPS) is 18.6. The molecule has 2 aliphatic heterocycles. The van der Waals surface area contributed by atoms with Gasteiger partial charge in [0.1, 0.15) is 17.8 Å². The Labute approximate surface area is 238 Å². The summed E-state index contributed by atoms with van der Waals surface area (Å²) in [6.45, 7) is 1.52. The third-order valence-corrected chi connectivity index (χ3v) is 8.33. The molecule has 37 heavy (non-hydrogen) atoms. The van der Waals surface area contributed by atoms with Crippen LogP contribution in [0.3, 0.4) is 0 Å². The third kappa shape index (κ3) is 7.11. The number of likely N-dealkylation sites (tertiary alicyclic amines) is 1. The zero-order valence-corrected chi connectivity index (χ0v) is 20.5. The fraction of sp³-hybridized carbons (Fsp3) is 0.400. The van der Waals surface area contributed by atoms with E-state index in [0.29, 0.717) is 37.2 Å². The predicted octanol–water partition coefficient (Wildman–Crippen LogP) is 1.60. The number of rotatable bonds is 8. The number of nitrogens with zero attached hydrogens (tertiary/aromatic N) is 2. The van der Waals surface area contributed by atoms with Crippen LogP contribution in [0, 0.1) is 0 Å². The zero-order valence-electron chi connectivity index (χ0n) is 19.7. The van der Waals surface area contributed by atoms with Gasteiger partial charge in [-0.2, -0.15) is 4.31 Å². The van der Waals surface area contributed by atoms with Gasteiger partial charge < -0.3 is 20.1 Å². The molecule has 2 aliphatic rings. The Morgan fingerprint density at radius 2 is 1.62 bits per heavy atom. The van der Waals surface area contributed by atoms with Crippen molar-refractivity contribution in [2.24, 2.45) is 0 Å². The summed E-state index contributed by atoms with van der Waals surface area (Å²) in [5.41, 5.74) is 0.615. The van der Waals surface area contributed by atoms with Crippen LogP contribution in [-0.4, -0.2) is 102 Å². The van der Waals surface area contributed by atoms with Crippen molar-refractivity contribution in [2.45, 2.75) is 49.1 Å². The second kappa shape index (κ2) is 12.9. The van der Waals surface area contributed by atoms with Gasteiger partial charge >= 0.3 is 41.6 Å². The number of hydrogen-bond acceptors (Lipinski definition) is 6. The van der Waals surface area contributed by atoms with Gasteiger partial charge in [-0.15, -0.1) is 0 Å². The molecule has 0 radical (unpaired) electrons. The number of sulfonamides is 1. The molecular weight excluding hydrogens is 509 g/mol. The van der Waals surface area contributed by atoms with E-state index < -0.39 is 40.1 Å². The number of carboxylic acids is 1. The first-order valence-electron chi connectivity index (χ1n) is 11.9. The number of aliphatic carboxylic acids is 1. The molecule has 0 aliphatic carbocycles. The van der Waals surface area contributed by atoms with Gasteiger partial charge in [0.15, 0.2) is 0 Å². The Morgan fingerprint density at radius 1 is 0.973 bits per heavy atom. The molecule has 10 nitrogen and oxygen atoms in total. The van der Waals surface area contributed by atoms with E-state index in [1.807, 2.05) is 0 Å². The summed E-state index contributed by atoms with van der Waals surface area (Å²) in [7, 11) is -3.89. The number of benzene rings is 2. The molecule has 2 N–H and O–H groups in total. The van der Waals surface area contributed by atoms with E-state index in [1.54, 1.807) is 47.4 Å². The number of ether oxygens (including phenoxy) is 1. The van der Waals surface area contributed by atoms with Gasteiger partial charge in [0.05, 0.1) is 4.90 Å². The monoisotopic (exact) mass is 539 g/mol. The maximum absolute atomic E-state index is 13.0. The number of carboxylic acid groups (broad SMARTS) is 1. The Kier molecular flexibility index (Phi) is 10.1. The van der Waals surface area contributed by atoms with E-state index >= 15 is 0 Å². The fourth-order valence-corrected chi connectivity index (χ4v) is 6.16. The summed E-state index contributed by atoms with van der Waals surface area (Å²) < 4.78 is 32.6. The van der Waals surface area contributed by atoms with Crippen molar-refractivity contribution in [3.05, 3.63) is 60.2 Å². The van der Waals surface area contributed by atoms with Crippen LogP contribution in [0.15, 0.2) is 59.5 Å². The molecule has 2 heterocycles. The van der Waals surface area contributed by atoms with Crippen LogP contribution in [-0.2, 0) is 26.0 Å². The second-order valence-electron chi connectivity index (χ2n) is 8.90. The maximum atomic E-state index is 13.0. The molecule has 2 atom stereocenters. The first kappa shape index (κ1) is 29.1. The topological polar surface area (TPSA) is 133 Å². The van der Waals surface area contributed by atoms with Crippen LogP contribution in [0.4, 0.5) is 4.79 Å². The molecule has 2 aromatic rings. The summed E-state index contributed by atoms with van der Waals surface area (Å²) in [5.74, 6) is -1.53. The molecule has 194 valence electrons. The quantitative estimate of drug-likeness (QED) is 0.487. The molecule has 0 aromatic heterocycles. The van der Waals surface area contributed by atoms with Gasteiger partial charge in [0.2, 0.25) is 15.9 Å². The molecule has 2 aromatic carbocycles. The van der Waals surface area contributed by atoms with Crippen LogP contribution < -0.4 is 10.1 Å². The average Bonchev–Trinajstić information content (AvgIpc) is 3.58. The summed E-state index contributed by atoms with van der Waals surface area (Å²) in [6.07, 6.45) is 2.28. The first-order chi connectivity index (χ1) is 17.3. The van der Waals surface area contributed by atoms with E-state index in [1.165, 1.54) is 12.1 Å². The molecular formula is C25H30N3NaO7S. The minimum atomic E-state index is -3.89. The van der Waals surface area contributed by atoms with Crippen LogP contribution in [0.1, 0.15) is 31.2 Å². The van der Waals surface area contributed by atoms with Gasteiger partial charge in [0.25, 0.3) is 0 Å². The zero-order chi connectivity index (χ0) is 25.7. The standard InChI is InChI=1S/C25H29N3O7S.Na.H/c29-23(22-9-6-16-28(22)36(33,34)20-7-2-1-3-8-20)26-21(24(30)31)17-18-10-12-19(13-11-18)35-25(32)27-14-4-5-15-27;;/h1-3,7-8,10-13,21-22H,4-6,9,14-17H2,(H,26,29)(H,30,31);;/t21-,22-;;/m0../s1. The Balaban J connectivity index is 0.00000380. The second-order valence-corrected chi connectivity index (χ2v) is 10.8. The van der Waals surface area contributed by atoms with Crippen molar-refractivity contribution in [3.8, 4) is 5.75 Å². The Morgan fingerprint density at radius 3 is 2.24 bits per heavy atom. The van der Waals surface area contributed by atoms with Crippen molar-refractivity contribution < 1.29 is 32.6 Å². The van der Waals surface area contributed by atoms with Gasteiger partial charge in [-0.05, 0) is 55.5 Å². The molecule has 2 fully saturated rings. The van der Waals surface area contributed by atoms with Crippen molar-refractivity contribution >= 4 is 57.6 Å². The molecule has 12 heteroatoms. The molecule has 0 bridgehead atoms. The molecule has 0 spiro atoms. The first-order valence-corrected chi connectivity index (χ1v) is 13.4. The van der Waals surface area contributed by atoms with E-state index in [-0.39, 0.29) is 47.4 Å². The summed E-state index contributed by atoms with van der Waals surface area (Å²) in [4.78, 5) is 38.7. The molecule has 0 unspecified atom stereocenters. The van der Waals surface area contributed by atoms with Gasteiger partial charge in [-0.1, -0.05) is 30.3 Å². The van der Waals surface area contributed by atoms with Gasteiger partial charge in [0, 0.05) is 26.1 Å². The summed E-state index contributed by atoms with van der Waals surface area (Å²) in [6, 6.07) is 12.0. The number of carbonyl (C=O) groups excluding carboxylic acids is 2. The number of hydrogen-bond donors (Lipinski definition) is 2. The van der Waals surface area contributed by atoms with Crippen molar-refractivity contribution in [1.29, 1.82) is 0 Å².